The predicted octanol–water partition coefficient (Wildman–Crippen LogP) is 1.32. The standard InChI is InChI=1S/C12H10N2O3/c15-10-5-4-7-2-1-3-8-9(13-12(16)17)6-14(10)11(7)8/h1-5,9,13H,6H2,(H,16,17)/t9-/m1/s1. The number of hydrogen-bond donors (Lipinski definition) is 2. The van der Waals surface area contributed by atoms with Gasteiger partial charge in [0.05, 0.1) is 18.1 Å². The summed E-state index contributed by atoms with van der Waals surface area (Å²) >= 11 is 0. The quantitative estimate of drug-likeness (QED) is 0.776. The molecule has 3 rings (SSSR count). The van der Waals surface area contributed by atoms with Crippen LogP contribution in [-0.2, 0) is 6.54 Å². The number of benzene rings is 1. The summed E-state index contributed by atoms with van der Waals surface area (Å²) in [6.07, 6.45) is -1.08. The summed E-state index contributed by atoms with van der Waals surface area (Å²) in [5.74, 6) is 0. The van der Waals surface area contributed by atoms with E-state index in [1.54, 1.807) is 10.6 Å². The van der Waals surface area contributed by atoms with Crippen molar-refractivity contribution < 1.29 is 9.90 Å². The summed E-state index contributed by atoms with van der Waals surface area (Å²) in [6.45, 7) is 0.363. The van der Waals surface area contributed by atoms with Crippen LogP contribution in [0.15, 0.2) is 35.1 Å². The zero-order chi connectivity index (χ0) is 12.0. The lowest BCUT2D eigenvalue weighted by Crippen LogP contribution is -2.28. The number of rotatable bonds is 1. The molecule has 5 nitrogen and oxygen atoms in total. The highest BCUT2D eigenvalue weighted by atomic mass is 16.4. The van der Waals surface area contributed by atoms with Gasteiger partial charge >= 0.3 is 6.09 Å². The highest BCUT2D eigenvalue weighted by Gasteiger charge is 2.25. The van der Waals surface area contributed by atoms with Crippen LogP contribution in [0.2, 0.25) is 0 Å². The lowest BCUT2D eigenvalue weighted by Gasteiger charge is -2.09. The van der Waals surface area contributed by atoms with Gasteiger partial charge in [-0.15, -0.1) is 0 Å². The summed E-state index contributed by atoms with van der Waals surface area (Å²) in [6, 6.07) is 8.57. The van der Waals surface area contributed by atoms with Gasteiger partial charge in [-0.1, -0.05) is 18.2 Å². The second kappa shape index (κ2) is 3.35. The van der Waals surface area contributed by atoms with Gasteiger partial charge in [0.1, 0.15) is 0 Å². The smallest absolute Gasteiger partial charge is 0.405 e. The molecule has 0 radical (unpaired) electrons. The Labute approximate surface area is 96.3 Å². The number of hydrogen-bond acceptors (Lipinski definition) is 2. The summed E-state index contributed by atoms with van der Waals surface area (Å²) in [4.78, 5) is 22.4. The molecule has 0 spiro atoms. The third kappa shape index (κ3) is 1.39. The summed E-state index contributed by atoms with van der Waals surface area (Å²) < 4.78 is 1.62. The van der Waals surface area contributed by atoms with Gasteiger partial charge in [0.2, 0.25) is 0 Å². The number of pyridine rings is 1. The van der Waals surface area contributed by atoms with Crippen LogP contribution in [0.25, 0.3) is 10.9 Å². The number of nitrogens with one attached hydrogen (secondary N) is 1. The average molecular weight is 230 g/mol. The molecule has 0 saturated carbocycles. The SMILES string of the molecule is O=C(O)N[C@@H]1Cn2c(=O)ccc3cccc1c32. The topological polar surface area (TPSA) is 71.3 Å². The fourth-order valence-corrected chi connectivity index (χ4v) is 2.40. The van der Waals surface area contributed by atoms with E-state index in [2.05, 4.69) is 5.32 Å². The minimum Gasteiger partial charge on any atom is -0.465 e. The van der Waals surface area contributed by atoms with E-state index < -0.39 is 6.09 Å². The lowest BCUT2D eigenvalue weighted by atomic mass is 10.1. The van der Waals surface area contributed by atoms with E-state index in [4.69, 9.17) is 5.11 Å². The first-order valence-corrected chi connectivity index (χ1v) is 5.29. The first kappa shape index (κ1) is 9.89. The zero-order valence-corrected chi connectivity index (χ0v) is 8.88. The van der Waals surface area contributed by atoms with Crippen molar-refractivity contribution in [1.29, 1.82) is 0 Å². The van der Waals surface area contributed by atoms with Crippen LogP contribution < -0.4 is 10.9 Å². The Kier molecular flexibility index (Phi) is 1.95. The molecule has 1 amide bonds. The Morgan fingerprint density at radius 2 is 2.18 bits per heavy atom. The Morgan fingerprint density at radius 1 is 1.35 bits per heavy atom. The van der Waals surface area contributed by atoms with Crippen molar-refractivity contribution in [2.45, 2.75) is 12.6 Å². The molecule has 2 aromatic rings. The summed E-state index contributed by atoms with van der Waals surface area (Å²) in [7, 11) is 0. The monoisotopic (exact) mass is 230 g/mol. The molecule has 1 atom stereocenters. The molecular formula is C12H10N2O3. The molecule has 1 aromatic carbocycles. The number of para-hydroxylation sites is 1. The van der Waals surface area contributed by atoms with Crippen molar-refractivity contribution >= 4 is 17.0 Å². The van der Waals surface area contributed by atoms with Crippen molar-refractivity contribution in [3.63, 3.8) is 0 Å². The number of aromatic nitrogens is 1. The molecule has 5 heteroatoms. The van der Waals surface area contributed by atoms with Gasteiger partial charge in [0, 0.05) is 11.6 Å². The van der Waals surface area contributed by atoms with E-state index in [1.165, 1.54) is 6.07 Å². The minimum absolute atomic E-state index is 0.0976. The first-order valence-electron chi connectivity index (χ1n) is 5.29. The molecule has 0 saturated heterocycles. The molecule has 1 aromatic heterocycles. The molecule has 2 N–H and O–H groups in total. The van der Waals surface area contributed by atoms with Gasteiger partial charge in [0.25, 0.3) is 5.56 Å². The molecule has 0 aliphatic carbocycles. The van der Waals surface area contributed by atoms with Gasteiger partial charge in [0.15, 0.2) is 0 Å². The van der Waals surface area contributed by atoms with Gasteiger partial charge in [-0.2, -0.15) is 0 Å². The Morgan fingerprint density at radius 3 is 2.94 bits per heavy atom. The van der Waals surface area contributed by atoms with Crippen LogP contribution in [0, 0.1) is 0 Å². The number of nitrogens with zero attached hydrogens (tertiary/aromatic N) is 1. The molecule has 86 valence electrons. The van der Waals surface area contributed by atoms with E-state index in [0.29, 0.717) is 6.54 Å². The van der Waals surface area contributed by atoms with Gasteiger partial charge in [-0.25, -0.2) is 4.79 Å². The highest BCUT2D eigenvalue weighted by Crippen LogP contribution is 2.30. The number of amides is 1. The maximum absolute atomic E-state index is 11.7. The summed E-state index contributed by atoms with van der Waals surface area (Å²) in [5, 5.41) is 12.2. The van der Waals surface area contributed by atoms with E-state index >= 15 is 0 Å². The van der Waals surface area contributed by atoms with Crippen molar-refractivity contribution in [2.75, 3.05) is 0 Å². The molecule has 0 unspecified atom stereocenters. The molecular weight excluding hydrogens is 220 g/mol. The van der Waals surface area contributed by atoms with E-state index in [9.17, 15) is 9.59 Å². The fraction of sp³-hybridized carbons (Fsp3) is 0.167. The second-order valence-electron chi connectivity index (χ2n) is 4.07. The van der Waals surface area contributed by atoms with Crippen molar-refractivity contribution in [3.8, 4) is 0 Å². The Bertz CT molecular complexity index is 675. The minimum atomic E-state index is -1.08. The van der Waals surface area contributed by atoms with Crippen LogP contribution in [0.4, 0.5) is 4.79 Å². The first-order chi connectivity index (χ1) is 8.16. The van der Waals surface area contributed by atoms with Gasteiger partial charge in [-0.05, 0) is 11.5 Å². The third-order valence-corrected chi connectivity index (χ3v) is 3.08. The van der Waals surface area contributed by atoms with Gasteiger partial charge in [-0.3, -0.25) is 4.79 Å². The van der Waals surface area contributed by atoms with Crippen LogP contribution in [-0.4, -0.2) is 15.8 Å². The zero-order valence-electron chi connectivity index (χ0n) is 8.88. The van der Waals surface area contributed by atoms with Crippen molar-refractivity contribution in [1.82, 2.24) is 9.88 Å². The highest BCUT2D eigenvalue weighted by molar-refractivity contribution is 5.84. The third-order valence-electron chi connectivity index (χ3n) is 3.08. The predicted molar refractivity (Wildman–Crippen MR) is 62.1 cm³/mol. The number of carbonyl (C=O) groups is 1. The fourth-order valence-electron chi connectivity index (χ4n) is 2.40. The molecule has 0 fully saturated rings. The van der Waals surface area contributed by atoms with Gasteiger partial charge < -0.3 is 15.0 Å². The van der Waals surface area contributed by atoms with E-state index in [-0.39, 0.29) is 11.6 Å². The van der Waals surface area contributed by atoms with E-state index in [1.807, 2.05) is 18.2 Å². The summed E-state index contributed by atoms with van der Waals surface area (Å²) in [5.41, 5.74) is 1.60. The van der Waals surface area contributed by atoms with Crippen LogP contribution in [0.3, 0.4) is 0 Å². The Balaban J connectivity index is 2.25. The average Bonchev–Trinajstić information content (AvgIpc) is 2.65. The van der Waals surface area contributed by atoms with Crippen LogP contribution in [0.1, 0.15) is 11.6 Å². The largest absolute Gasteiger partial charge is 0.465 e. The Hall–Kier alpha value is -2.30. The van der Waals surface area contributed by atoms with Crippen molar-refractivity contribution in [2.24, 2.45) is 0 Å². The molecule has 1 aliphatic rings. The van der Waals surface area contributed by atoms with E-state index in [0.717, 1.165) is 16.5 Å². The maximum atomic E-state index is 11.7. The normalized spacial score (nSPS) is 17.3. The van der Waals surface area contributed by atoms with Crippen LogP contribution >= 0.6 is 0 Å². The maximum Gasteiger partial charge on any atom is 0.405 e. The molecule has 0 bridgehead atoms. The molecule has 2 heterocycles. The van der Waals surface area contributed by atoms with Crippen LogP contribution in [0.5, 0.6) is 0 Å². The molecule has 1 aliphatic heterocycles. The molecule has 17 heavy (non-hydrogen) atoms. The lowest BCUT2D eigenvalue weighted by molar-refractivity contribution is 0.189. The second-order valence-corrected chi connectivity index (χ2v) is 4.07. The van der Waals surface area contributed by atoms with Crippen molar-refractivity contribution in [3.05, 3.63) is 46.2 Å². The number of carboxylic acid groups (broad SMARTS) is 1.